The van der Waals surface area contributed by atoms with Crippen LogP contribution in [-0.4, -0.2) is 29.0 Å². The van der Waals surface area contributed by atoms with Gasteiger partial charge >= 0.3 is 12.2 Å². The molecule has 1 aliphatic rings. The second-order valence-electron chi connectivity index (χ2n) is 6.00. The van der Waals surface area contributed by atoms with Crippen molar-refractivity contribution in [3.8, 4) is 0 Å². The molecule has 144 valence electrons. The van der Waals surface area contributed by atoms with Gasteiger partial charge in [0.25, 0.3) is 0 Å². The van der Waals surface area contributed by atoms with Crippen molar-refractivity contribution in [3.63, 3.8) is 0 Å². The van der Waals surface area contributed by atoms with Gasteiger partial charge in [0.05, 0.1) is 11.6 Å². The first-order valence-electron chi connectivity index (χ1n) is 8.02. The Kier molecular flexibility index (Phi) is 6.13. The summed E-state index contributed by atoms with van der Waals surface area (Å²) in [5, 5.41) is 3.48. The topological polar surface area (TPSA) is 32.3 Å². The number of amides is 2. The molecule has 1 unspecified atom stereocenters. The van der Waals surface area contributed by atoms with Crippen LogP contribution in [0.1, 0.15) is 17.2 Å². The lowest BCUT2D eigenvalue weighted by atomic mass is 10.0. The van der Waals surface area contributed by atoms with Gasteiger partial charge in [0.2, 0.25) is 0 Å². The van der Waals surface area contributed by atoms with Crippen LogP contribution in [-0.2, 0) is 6.18 Å². The van der Waals surface area contributed by atoms with Gasteiger partial charge in [-0.15, -0.1) is 0 Å². The lowest BCUT2D eigenvalue weighted by molar-refractivity contribution is -0.137. The molecule has 0 bridgehead atoms. The number of benzene rings is 2. The molecule has 0 spiro atoms. The number of hydrogen-bond donors (Lipinski definition) is 1. The summed E-state index contributed by atoms with van der Waals surface area (Å²) >= 11 is 13.5. The summed E-state index contributed by atoms with van der Waals surface area (Å²) in [5.74, 6) is 1.23. The standard InChI is InChI=1S/C18H15Cl2F3N2OS/c19-13-7-14(20)9-15(8-13)24-17(26)25-4-5-27-10-16(25)11-2-1-3-12(6-11)18(21,22)23/h1-3,6-9,16H,4-5,10H2,(H,24,26). The molecule has 1 fully saturated rings. The summed E-state index contributed by atoms with van der Waals surface area (Å²) in [6.07, 6.45) is -4.43. The van der Waals surface area contributed by atoms with E-state index in [2.05, 4.69) is 5.32 Å². The second-order valence-corrected chi connectivity index (χ2v) is 8.02. The number of halogens is 5. The molecule has 9 heteroatoms. The molecular formula is C18H15Cl2F3N2OS. The first-order chi connectivity index (χ1) is 12.7. The molecule has 2 amide bonds. The Labute approximate surface area is 168 Å². The SMILES string of the molecule is O=C(Nc1cc(Cl)cc(Cl)c1)N1CCSCC1c1cccc(C(F)(F)F)c1. The molecule has 0 aliphatic carbocycles. The van der Waals surface area contributed by atoms with Crippen molar-refractivity contribution in [3.05, 3.63) is 63.6 Å². The summed E-state index contributed by atoms with van der Waals surface area (Å²) in [7, 11) is 0. The molecule has 3 nitrogen and oxygen atoms in total. The summed E-state index contributed by atoms with van der Waals surface area (Å²) < 4.78 is 39.1. The normalized spacial score (nSPS) is 17.7. The zero-order chi connectivity index (χ0) is 19.6. The quantitative estimate of drug-likeness (QED) is 0.598. The van der Waals surface area contributed by atoms with Gasteiger partial charge in [-0.1, -0.05) is 35.3 Å². The van der Waals surface area contributed by atoms with Crippen LogP contribution in [0.5, 0.6) is 0 Å². The second kappa shape index (κ2) is 8.20. The highest BCUT2D eigenvalue weighted by atomic mass is 35.5. The first kappa shape index (κ1) is 20.2. The lowest BCUT2D eigenvalue weighted by Crippen LogP contribution is -2.43. The highest BCUT2D eigenvalue weighted by molar-refractivity contribution is 7.99. The first-order valence-corrected chi connectivity index (χ1v) is 9.94. The van der Waals surface area contributed by atoms with E-state index < -0.39 is 23.8 Å². The fraction of sp³-hybridized carbons (Fsp3) is 0.278. The van der Waals surface area contributed by atoms with Crippen molar-refractivity contribution < 1.29 is 18.0 Å². The number of hydrogen-bond acceptors (Lipinski definition) is 2. The number of anilines is 1. The van der Waals surface area contributed by atoms with Gasteiger partial charge in [0, 0.05) is 33.8 Å². The average molecular weight is 435 g/mol. The van der Waals surface area contributed by atoms with Gasteiger partial charge in [-0.05, 0) is 35.9 Å². The van der Waals surface area contributed by atoms with Gasteiger partial charge in [0.15, 0.2) is 0 Å². The highest BCUT2D eigenvalue weighted by Crippen LogP contribution is 2.35. The Morgan fingerprint density at radius 1 is 1.15 bits per heavy atom. The van der Waals surface area contributed by atoms with E-state index >= 15 is 0 Å². The van der Waals surface area contributed by atoms with Crippen LogP contribution in [0.3, 0.4) is 0 Å². The zero-order valence-corrected chi connectivity index (χ0v) is 16.2. The van der Waals surface area contributed by atoms with Crippen LogP contribution in [0.25, 0.3) is 0 Å². The third-order valence-corrected chi connectivity index (χ3v) is 5.56. The van der Waals surface area contributed by atoms with Gasteiger partial charge < -0.3 is 10.2 Å². The summed E-state index contributed by atoms with van der Waals surface area (Å²) in [5.41, 5.74) is 0.160. The summed E-state index contributed by atoms with van der Waals surface area (Å²) in [4.78, 5) is 14.3. The number of nitrogens with one attached hydrogen (secondary N) is 1. The van der Waals surface area contributed by atoms with Crippen molar-refractivity contribution in [2.75, 3.05) is 23.4 Å². The molecule has 1 atom stereocenters. The molecule has 1 aliphatic heterocycles. The number of carbonyl (C=O) groups is 1. The van der Waals surface area contributed by atoms with Crippen molar-refractivity contribution in [1.82, 2.24) is 4.90 Å². The molecule has 2 aromatic rings. The van der Waals surface area contributed by atoms with Crippen molar-refractivity contribution in [1.29, 1.82) is 0 Å². The highest BCUT2D eigenvalue weighted by Gasteiger charge is 2.33. The fourth-order valence-corrected chi connectivity index (χ4v) is 4.48. The van der Waals surface area contributed by atoms with Gasteiger partial charge in [-0.3, -0.25) is 0 Å². The van der Waals surface area contributed by atoms with E-state index in [-0.39, 0.29) is 0 Å². The van der Waals surface area contributed by atoms with Crippen LogP contribution in [0, 0.1) is 0 Å². The van der Waals surface area contributed by atoms with E-state index in [1.165, 1.54) is 6.07 Å². The average Bonchev–Trinajstić information content (AvgIpc) is 2.60. The Morgan fingerprint density at radius 3 is 2.52 bits per heavy atom. The monoisotopic (exact) mass is 434 g/mol. The predicted octanol–water partition coefficient (Wildman–Crippen LogP) is 6.33. The van der Waals surface area contributed by atoms with Crippen molar-refractivity contribution in [2.24, 2.45) is 0 Å². The largest absolute Gasteiger partial charge is 0.416 e. The molecule has 1 heterocycles. The molecule has 3 rings (SSSR count). The number of urea groups is 1. The Morgan fingerprint density at radius 2 is 1.85 bits per heavy atom. The zero-order valence-electron chi connectivity index (χ0n) is 13.9. The smallest absolute Gasteiger partial charge is 0.316 e. The molecule has 1 N–H and O–H groups in total. The predicted molar refractivity (Wildman–Crippen MR) is 104 cm³/mol. The van der Waals surface area contributed by atoms with Gasteiger partial charge in [-0.2, -0.15) is 24.9 Å². The van der Waals surface area contributed by atoms with Gasteiger partial charge in [0.1, 0.15) is 0 Å². The third kappa shape index (κ3) is 5.03. The van der Waals surface area contributed by atoms with Crippen LogP contribution in [0.15, 0.2) is 42.5 Å². The lowest BCUT2D eigenvalue weighted by Gasteiger charge is -2.36. The number of nitrogens with zero attached hydrogens (tertiary/aromatic N) is 1. The Hall–Kier alpha value is -1.57. The van der Waals surface area contributed by atoms with E-state index in [1.54, 1.807) is 40.9 Å². The summed E-state index contributed by atoms with van der Waals surface area (Å²) in [6.45, 7) is 0.422. The molecule has 0 aromatic heterocycles. The van der Waals surface area contributed by atoms with E-state index in [4.69, 9.17) is 23.2 Å². The minimum Gasteiger partial charge on any atom is -0.316 e. The maximum atomic E-state index is 13.0. The third-order valence-electron chi connectivity index (χ3n) is 4.10. The van der Waals surface area contributed by atoms with Gasteiger partial charge in [-0.25, -0.2) is 4.79 Å². The molecule has 0 radical (unpaired) electrons. The number of rotatable bonds is 2. The van der Waals surface area contributed by atoms with Crippen LogP contribution < -0.4 is 5.32 Å². The van der Waals surface area contributed by atoms with Crippen molar-refractivity contribution >= 4 is 46.7 Å². The number of thioether (sulfide) groups is 1. The molecule has 2 aromatic carbocycles. The van der Waals surface area contributed by atoms with E-state index in [1.807, 2.05) is 0 Å². The molecule has 0 saturated carbocycles. The number of alkyl halides is 3. The maximum Gasteiger partial charge on any atom is 0.416 e. The van der Waals surface area contributed by atoms with Crippen LogP contribution in [0.2, 0.25) is 10.0 Å². The Bertz CT molecular complexity index is 827. The molecular weight excluding hydrogens is 420 g/mol. The van der Waals surface area contributed by atoms with E-state index in [0.717, 1.165) is 12.1 Å². The minimum absolute atomic E-state index is 0.376. The number of carbonyl (C=O) groups excluding carboxylic acids is 1. The summed E-state index contributed by atoms with van der Waals surface area (Å²) in [6, 6.07) is 8.91. The maximum absolute atomic E-state index is 13.0. The minimum atomic E-state index is -4.43. The molecule has 1 saturated heterocycles. The van der Waals surface area contributed by atoms with E-state index in [0.29, 0.717) is 39.3 Å². The fourth-order valence-electron chi connectivity index (χ4n) is 2.87. The van der Waals surface area contributed by atoms with Crippen LogP contribution in [0.4, 0.5) is 23.7 Å². The van der Waals surface area contributed by atoms with Crippen LogP contribution >= 0.6 is 35.0 Å². The van der Waals surface area contributed by atoms with Crippen molar-refractivity contribution in [2.45, 2.75) is 12.2 Å². The molecule has 27 heavy (non-hydrogen) atoms. The Balaban J connectivity index is 1.84. The van der Waals surface area contributed by atoms with E-state index in [9.17, 15) is 18.0 Å².